The van der Waals surface area contributed by atoms with Gasteiger partial charge in [-0.25, -0.2) is 4.99 Å². The molecule has 2 aromatic carbocycles. The Morgan fingerprint density at radius 3 is 2.74 bits per heavy atom. The number of fused-ring (bicyclic) bond motifs is 5. The van der Waals surface area contributed by atoms with Gasteiger partial charge in [-0.15, -0.1) is 0 Å². The minimum absolute atomic E-state index is 0.518. The van der Waals surface area contributed by atoms with Crippen LogP contribution in [0.25, 0.3) is 17.2 Å². The van der Waals surface area contributed by atoms with Crippen LogP contribution in [0.2, 0.25) is 0 Å². The third-order valence-corrected chi connectivity index (χ3v) is 3.38. The molecule has 0 atom stereocenters. The van der Waals surface area contributed by atoms with Gasteiger partial charge in [0.1, 0.15) is 0 Å². The summed E-state index contributed by atoms with van der Waals surface area (Å²) in [6.07, 6.45) is 1.37. The van der Waals surface area contributed by atoms with Gasteiger partial charge in [-0.2, -0.15) is 0 Å². The van der Waals surface area contributed by atoms with Crippen LogP contribution in [0.5, 0.6) is 0 Å². The van der Waals surface area contributed by atoms with Gasteiger partial charge >= 0.3 is 0 Å². The Kier molecular flexibility index (Phi) is 1.82. The van der Waals surface area contributed by atoms with Crippen LogP contribution < -0.4 is 15.9 Å². The third-order valence-electron chi connectivity index (χ3n) is 3.38. The Morgan fingerprint density at radius 1 is 1.00 bits per heavy atom. The van der Waals surface area contributed by atoms with Gasteiger partial charge in [0, 0.05) is 22.4 Å². The fourth-order valence-corrected chi connectivity index (χ4v) is 2.52. The van der Waals surface area contributed by atoms with Crippen molar-refractivity contribution >= 4 is 29.1 Å². The first kappa shape index (κ1) is 10.2. The van der Waals surface area contributed by atoms with E-state index < -0.39 is 11.7 Å². The van der Waals surface area contributed by atoms with E-state index in [4.69, 9.17) is 0 Å². The second-order valence-electron chi connectivity index (χ2n) is 4.52. The number of hydrogen-bond acceptors (Lipinski definition) is 3. The van der Waals surface area contributed by atoms with Crippen LogP contribution >= 0.6 is 0 Å². The average Bonchev–Trinajstić information content (AvgIpc) is 2.79. The number of carbonyl (C=O) groups excluding carboxylic acids is 2. The molecule has 2 aromatic rings. The summed E-state index contributed by atoms with van der Waals surface area (Å²) in [6, 6.07) is 11.4. The zero-order valence-electron chi connectivity index (χ0n) is 9.81. The van der Waals surface area contributed by atoms with Gasteiger partial charge < -0.3 is 5.32 Å². The highest BCUT2D eigenvalue weighted by Gasteiger charge is 2.24. The molecule has 0 bridgehead atoms. The van der Waals surface area contributed by atoms with Crippen LogP contribution in [-0.2, 0) is 9.59 Å². The van der Waals surface area contributed by atoms with Crippen LogP contribution in [-0.4, -0.2) is 11.7 Å². The molecule has 0 unspecified atom stereocenters. The number of Topliss-reactive ketones (excluding diaryl/α,β-unsaturated/α-hetero) is 1. The normalized spacial score (nSPS) is 14.7. The van der Waals surface area contributed by atoms with Gasteiger partial charge in [0.05, 0.1) is 16.7 Å². The van der Waals surface area contributed by atoms with Gasteiger partial charge in [0.2, 0.25) is 5.78 Å². The molecule has 0 saturated carbocycles. The number of amides is 1. The molecule has 0 aromatic heterocycles. The molecule has 4 heteroatoms. The molecule has 0 spiro atoms. The number of para-hydroxylation sites is 1. The average molecular weight is 248 g/mol. The van der Waals surface area contributed by atoms with Crippen LogP contribution in [0.3, 0.4) is 0 Å². The molecule has 2 aliphatic heterocycles. The van der Waals surface area contributed by atoms with Gasteiger partial charge in [0.15, 0.2) is 0 Å². The maximum atomic E-state index is 11.5. The number of ketones is 1. The third kappa shape index (κ3) is 1.31. The van der Waals surface area contributed by atoms with E-state index in [9.17, 15) is 9.59 Å². The summed E-state index contributed by atoms with van der Waals surface area (Å²) in [5.41, 5.74) is 3.44. The second-order valence-corrected chi connectivity index (χ2v) is 4.52. The van der Waals surface area contributed by atoms with Crippen molar-refractivity contribution in [1.29, 1.82) is 0 Å². The minimum atomic E-state index is -0.592. The first-order chi connectivity index (χ1) is 9.24. The molecule has 2 heterocycles. The molecule has 0 saturated heterocycles. The van der Waals surface area contributed by atoms with Crippen molar-refractivity contribution in [1.82, 2.24) is 0 Å². The monoisotopic (exact) mass is 248 g/mol. The van der Waals surface area contributed by atoms with Crippen molar-refractivity contribution in [3.05, 3.63) is 47.0 Å². The second kappa shape index (κ2) is 3.38. The highest BCUT2D eigenvalue weighted by molar-refractivity contribution is 6.52. The van der Waals surface area contributed by atoms with Gasteiger partial charge in [-0.05, 0) is 12.1 Å². The van der Waals surface area contributed by atoms with E-state index in [1.807, 2.05) is 30.3 Å². The molecule has 2 aliphatic rings. The van der Waals surface area contributed by atoms with Crippen molar-refractivity contribution in [2.24, 2.45) is 4.99 Å². The van der Waals surface area contributed by atoms with Crippen molar-refractivity contribution < 1.29 is 9.59 Å². The fraction of sp³-hybridized carbons (Fsp3) is 0. The van der Waals surface area contributed by atoms with Crippen LogP contribution in [0.15, 0.2) is 41.4 Å². The van der Waals surface area contributed by atoms with E-state index in [0.717, 1.165) is 27.4 Å². The lowest BCUT2D eigenvalue weighted by molar-refractivity contribution is -0.131. The largest absolute Gasteiger partial charge is 0.318 e. The molecule has 0 radical (unpaired) electrons. The van der Waals surface area contributed by atoms with E-state index in [2.05, 4.69) is 10.3 Å². The number of benzene rings is 2. The molecule has 0 aliphatic carbocycles. The van der Waals surface area contributed by atoms with Crippen molar-refractivity contribution in [2.75, 3.05) is 5.32 Å². The summed E-state index contributed by atoms with van der Waals surface area (Å²) < 4.78 is 0. The van der Waals surface area contributed by atoms with Crippen LogP contribution in [0.4, 0.5) is 11.4 Å². The fourth-order valence-electron chi connectivity index (χ4n) is 2.52. The Balaban J connectivity index is 2.13. The molecule has 1 amide bonds. The summed E-state index contributed by atoms with van der Waals surface area (Å²) in [4.78, 5) is 27.5. The highest BCUT2D eigenvalue weighted by atomic mass is 16.2. The summed E-state index contributed by atoms with van der Waals surface area (Å²) >= 11 is 0. The lowest BCUT2D eigenvalue weighted by Gasteiger charge is -2.13. The molecule has 1 N–H and O–H groups in total. The number of carbonyl (C=O) groups is 2. The van der Waals surface area contributed by atoms with E-state index >= 15 is 0 Å². The Hall–Kier alpha value is -2.75. The van der Waals surface area contributed by atoms with Gasteiger partial charge in [0.25, 0.3) is 5.91 Å². The lowest BCUT2D eigenvalue weighted by Crippen LogP contribution is -2.32. The Labute approximate surface area is 108 Å². The Morgan fingerprint density at radius 2 is 1.84 bits per heavy atom. The molecule has 4 nitrogen and oxygen atoms in total. The topological polar surface area (TPSA) is 58.5 Å². The Bertz CT molecular complexity index is 882. The van der Waals surface area contributed by atoms with Crippen LogP contribution in [0.1, 0.15) is 0 Å². The van der Waals surface area contributed by atoms with Crippen molar-refractivity contribution in [3.63, 3.8) is 0 Å². The predicted molar refractivity (Wildman–Crippen MR) is 70.4 cm³/mol. The number of rotatable bonds is 0. The SMILES string of the molecule is O=C1C=c2ccc3c(c2NC1=O)-c1ccccc1N=3. The number of nitrogens with one attached hydrogen (secondary N) is 1. The number of anilines is 1. The predicted octanol–water partition coefficient (Wildman–Crippen LogP) is 0.920. The van der Waals surface area contributed by atoms with Gasteiger partial charge in [-0.3, -0.25) is 9.59 Å². The zero-order chi connectivity index (χ0) is 13.0. The summed E-state index contributed by atoms with van der Waals surface area (Å²) in [5.74, 6) is -1.11. The maximum Gasteiger partial charge on any atom is 0.296 e. The molecule has 4 rings (SSSR count). The minimum Gasteiger partial charge on any atom is -0.318 e. The standard InChI is InChI=1S/C15H8N2O2/c18-12-7-8-5-6-11-13(14(8)17-15(12)19)9-3-1-2-4-10(9)16-11/h1-7H,(H,17,19). The van der Waals surface area contributed by atoms with Gasteiger partial charge in [-0.1, -0.05) is 24.3 Å². The van der Waals surface area contributed by atoms with E-state index in [1.54, 1.807) is 6.07 Å². The molecule has 19 heavy (non-hydrogen) atoms. The van der Waals surface area contributed by atoms with Crippen LogP contribution in [0, 0.1) is 0 Å². The summed E-state index contributed by atoms with van der Waals surface area (Å²) in [5, 5.41) is 4.23. The van der Waals surface area contributed by atoms with E-state index in [0.29, 0.717) is 5.69 Å². The maximum absolute atomic E-state index is 11.5. The van der Waals surface area contributed by atoms with Crippen molar-refractivity contribution in [3.8, 4) is 11.1 Å². The van der Waals surface area contributed by atoms with E-state index in [-0.39, 0.29) is 0 Å². The summed E-state index contributed by atoms with van der Waals surface area (Å²) in [7, 11) is 0. The van der Waals surface area contributed by atoms with Crippen molar-refractivity contribution in [2.45, 2.75) is 0 Å². The molecule has 0 fully saturated rings. The highest BCUT2D eigenvalue weighted by Crippen LogP contribution is 2.35. The zero-order valence-corrected chi connectivity index (χ0v) is 9.81. The van der Waals surface area contributed by atoms with E-state index in [1.165, 1.54) is 6.08 Å². The first-order valence-electron chi connectivity index (χ1n) is 5.92. The summed E-state index contributed by atoms with van der Waals surface area (Å²) in [6.45, 7) is 0. The molecule has 90 valence electrons. The quantitative estimate of drug-likeness (QED) is 0.601. The lowest BCUT2D eigenvalue weighted by atomic mass is 10.00. The molecular formula is C15H8N2O2. The number of nitrogens with zero attached hydrogens (tertiary/aromatic N) is 1. The number of hydrogen-bond donors (Lipinski definition) is 1. The molecular weight excluding hydrogens is 240 g/mol. The first-order valence-corrected chi connectivity index (χ1v) is 5.92. The smallest absolute Gasteiger partial charge is 0.296 e.